The van der Waals surface area contributed by atoms with Crippen molar-refractivity contribution in [3.05, 3.63) is 65.7 Å². The Morgan fingerprint density at radius 1 is 1.18 bits per heavy atom. The van der Waals surface area contributed by atoms with Crippen LogP contribution in [-0.4, -0.2) is 47.5 Å². The molecule has 0 bridgehead atoms. The number of carbonyl (C=O) groups excluding carboxylic acids is 2. The molecule has 0 heterocycles. The van der Waals surface area contributed by atoms with Gasteiger partial charge in [0.15, 0.2) is 0 Å². The number of anilines is 1. The molecule has 3 N–H and O–H groups in total. The quantitative estimate of drug-likeness (QED) is 0.144. The van der Waals surface area contributed by atoms with Gasteiger partial charge in [0, 0.05) is 30.3 Å². The van der Waals surface area contributed by atoms with E-state index in [1.54, 1.807) is 13.0 Å². The number of Topliss-reactive ketones (excluding diaryl/α,β-unsaturated/α-hetero) is 1. The van der Waals surface area contributed by atoms with E-state index in [1.165, 1.54) is 24.3 Å². The van der Waals surface area contributed by atoms with Gasteiger partial charge in [-0.25, -0.2) is 4.79 Å². The maximum atomic E-state index is 11.9. The summed E-state index contributed by atoms with van der Waals surface area (Å²) in [5, 5.41) is 26.5. The van der Waals surface area contributed by atoms with E-state index in [9.17, 15) is 19.9 Å². The van der Waals surface area contributed by atoms with E-state index in [1.807, 2.05) is 12.1 Å². The summed E-state index contributed by atoms with van der Waals surface area (Å²) >= 11 is 0. The van der Waals surface area contributed by atoms with Gasteiger partial charge < -0.3 is 25.1 Å². The van der Waals surface area contributed by atoms with Gasteiger partial charge in [-0.3, -0.25) is 4.79 Å². The zero-order valence-electron chi connectivity index (χ0n) is 20.1. The molecule has 0 spiro atoms. The third-order valence-corrected chi connectivity index (χ3v) is 4.97. The number of hydrogen-bond donors (Lipinski definition) is 3. The summed E-state index contributed by atoms with van der Waals surface area (Å²) in [4.78, 5) is 23.2. The van der Waals surface area contributed by atoms with Gasteiger partial charge in [0.05, 0.1) is 0 Å². The first-order valence-electron chi connectivity index (χ1n) is 10.9. The molecule has 2 rings (SSSR count). The number of benzene rings is 2. The molecule has 0 aliphatic rings. The van der Waals surface area contributed by atoms with E-state index >= 15 is 0 Å². The first-order valence-corrected chi connectivity index (χ1v) is 10.9. The van der Waals surface area contributed by atoms with E-state index in [0.717, 1.165) is 11.3 Å². The topological polar surface area (TPSA) is 117 Å². The van der Waals surface area contributed by atoms with Crippen molar-refractivity contribution in [2.24, 2.45) is 5.16 Å². The lowest BCUT2D eigenvalue weighted by molar-refractivity contribution is -0.116. The number of esters is 1. The van der Waals surface area contributed by atoms with Crippen molar-refractivity contribution in [2.75, 3.05) is 25.1 Å². The molecule has 0 unspecified atom stereocenters. The average Bonchev–Trinajstić information content (AvgIpc) is 2.77. The molecule has 0 atom stereocenters. The molecule has 0 aromatic heterocycles. The lowest BCUT2D eigenvalue weighted by atomic mass is 9.84. The van der Waals surface area contributed by atoms with Crippen LogP contribution < -0.4 is 10.1 Å². The third kappa shape index (κ3) is 7.37. The van der Waals surface area contributed by atoms with Gasteiger partial charge in [0.25, 0.3) is 0 Å². The highest BCUT2D eigenvalue weighted by atomic mass is 16.5. The molecule has 0 aliphatic carbocycles. The second-order valence-corrected chi connectivity index (χ2v) is 8.79. The molecule has 0 radical (unpaired) electrons. The fraction of sp³-hybridized carbons (Fsp3) is 0.346. The minimum Gasteiger partial charge on any atom is -0.507 e. The standard InChI is InChI=1S/C26H32N2O6/c1-6-13-33-25(31)20-9-8-19(15-24(20)30)34-16-23(28-32)18-7-10-22(27-12-11-17(2)29)21(14-18)26(3,4)5/h6-10,14-15,27,30,32H,1,11-13,16H2,2-5H3. The van der Waals surface area contributed by atoms with Crippen LogP contribution >= 0.6 is 0 Å². The number of nitrogens with one attached hydrogen (secondary N) is 1. The normalized spacial score (nSPS) is 11.6. The Kier molecular flexibility index (Phi) is 9.24. The van der Waals surface area contributed by atoms with Crippen molar-refractivity contribution in [2.45, 2.75) is 39.5 Å². The van der Waals surface area contributed by atoms with Crippen molar-refractivity contribution >= 4 is 23.2 Å². The molecular formula is C26H32N2O6. The van der Waals surface area contributed by atoms with Gasteiger partial charge in [-0.2, -0.15) is 0 Å². The number of carbonyl (C=O) groups is 2. The number of phenols is 1. The summed E-state index contributed by atoms with van der Waals surface area (Å²) in [5.41, 5.74) is 2.65. The highest BCUT2D eigenvalue weighted by molar-refractivity contribution is 6.02. The summed E-state index contributed by atoms with van der Waals surface area (Å²) < 4.78 is 10.6. The fourth-order valence-corrected chi connectivity index (χ4v) is 3.18. The molecule has 8 heteroatoms. The van der Waals surface area contributed by atoms with Crippen molar-refractivity contribution in [3.8, 4) is 11.5 Å². The van der Waals surface area contributed by atoms with Gasteiger partial charge in [-0.1, -0.05) is 44.6 Å². The lowest BCUT2D eigenvalue weighted by Crippen LogP contribution is -2.19. The number of rotatable bonds is 11. The summed E-state index contributed by atoms with van der Waals surface area (Å²) in [7, 11) is 0. The molecule has 34 heavy (non-hydrogen) atoms. The molecule has 8 nitrogen and oxygen atoms in total. The average molecular weight is 469 g/mol. The van der Waals surface area contributed by atoms with E-state index < -0.39 is 5.97 Å². The Morgan fingerprint density at radius 2 is 1.91 bits per heavy atom. The molecule has 2 aromatic carbocycles. The Morgan fingerprint density at radius 3 is 2.50 bits per heavy atom. The third-order valence-electron chi connectivity index (χ3n) is 4.97. The van der Waals surface area contributed by atoms with Crippen LogP contribution in [0.4, 0.5) is 5.69 Å². The summed E-state index contributed by atoms with van der Waals surface area (Å²) in [6.45, 7) is 11.7. The van der Waals surface area contributed by atoms with E-state index in [2.05, 4.69) is 37.8 Å². The molecule has 0 aliphatic heterocycles. The summed E-state index contributed by atoms with van der Waals surface area (Å²) in [6.07, 6.45) is 1.86. The van der Waals surface area contributed by atoms with Crippen LogP contribution in [0.2, 0.25) is 0 Å². The van der Waals surface area contributed by atoms with Crippen LogP contribution in [0.3, 0.4) is 0 Å². The van der Waals surface area contributed by atoms with Crippen LogP contribution in [0.1, 0.15) is 55.6 Å². The predicted molar refractivity (Wildman–Crippen MR) is 131 cm³/mol. The summed E-state index contributed by atoms with van der Waals surface area (Å²) in [6, 6.07) is 9.82. The molecule has 182 valence electrons. The van der Waals surface area contributed by atoms with Crippen molar-refractivity contribution in [3.63, 3.8) is 0 Å². The zero-order valence-corrected chi connectivity index (χ0v) is 20.1. The second-order valence-electron chi connectivity index (χ2n) is 8.79. The van der Waals surface area contributed by atoms with Crippen LogP contribution in [0.5, 0.6) is 11.5 Å². The number of hydrogen-bond acceptors (Lipinski definition) is 8. The van der Waals surface area contributed by atoms with Crippen LogP contribution in [-0.2, 0) is 14.9 Å². The second kappa shape index (κ2) is 11.9. The Hall–Kier alpha value is -3.81. The maximum absolute atomic E-state index is 11.9. The zero-order chi connectivity index (χ0) is 25.3. The van der Waals surface area contributed by atoms with Crippen molar-refractivity contribution in [1.82, 2.24) is 0 Å². The SMILES string of the molecule is C=CCOC(=O)c1ccc(OCC(=NO)c2ccc(NCCC(C)=O)c(C(C)(C)C)c2)cc1O. The number of aromatic hydroxyl groups is 1. The smallest absolute Gasteiger partial charge is 0.342 e. The Labute approximate surface area is 199 Å². The fourth-order valence-electron chi connectivity index (χ4n) is 3.18. The van der Waals surface area contributed by atoms with Crippen LogP contribution in [0.25, 0.3) is 0 Å². The highest BCUT2D eigenvalue weighted by Gasteiger charge is 2.20. The lowest BCUT2D eigenvalue weighted by Gasteiger charge is -2.24. The predicted octanol–water partition coefficient (Wildman–Crippen LogP) is 4.68. The largest absolute Gasteiger partial charge is 0.507 e. The number of oxime groups is 1. The number of phenolic OH excluding ortho intramolecular Hbond substituents is 1. The van der Waals surface area contributed by atoms with E-state index in [0.29, 0.717) is 18.5 Å². The minimum atomic E-state index is -0.673. The molecule has 0 fully saturated rings. The highest BCUT2D eigenvalue weighted by Crippen LogP contribution is 2.31. The molecule has 0 saturated carbocycles. The first-order chi connectivity index (χ1) is 16.1. The molecule has 0 amide bonds. The monoisotopic (exact) mass is 468 g/mol. The molecule has 0 saturated heterocycles. The number of ketones is 1. The van der Waals surface area contributed by atoms with Gasteiger partial charge in [0.2, 0.25) is 0 Å². The van der Waals surface area contributed by atoms with Crippen molar-refractivity contribution in [1.29, 1.82) is 0 Å². The number of nitrogens with zero attached hydrogens (tertiary/aromatic N) is 1. The minimum absolute atomic E-state index is 0.00734. The van der Waals surface area contributed by atoms with Gasteiger partial charge >= 0.3 is 5.97 Å². The van der Waals surface area contributed by atoms with Gasteiger partial charge in [-0.15, -0.1) is 0 Å². The van der Waals surface area contributed by atoms with E-state index in [-0.39, 0.29) is 47.2 Å². The van der Waals surface area contributed by atoms with Gasteiger partial charge in [-0.05, 0) is 42.2 Å². The maximum Gasteiger partial charge on any atom is 0.342 e. The molecule has 2 aromatic rings. The molecular weight excluding hydrogens is 436 g/mol. The van der Waals surface area contributed by atoms with Crippen LogP contribution in [0.15, 0.2) is 54.2 Å². The Bertz CT molecular complexity index is 1070. The Balaban J connectivity index is 2.17. The first kappa shape index (κ1) is 26.4. The number of ether oxygens (including phenoxy) is 2. The van der Waals surface area contributed by atoms with Crippen LogP contribution in [0, 0.1) is 0 Å². The summed E-state index contributed by atoms with van der Waals surface area (Å²) in [5.74, 6) is -0.559. The van der Waals surface area contributed by atoms with Crippen molar-refractivity contribution < 1.29 is 29.4 Å². The van der Waals surface area contributed by atoms with Gasteiger partial charge in [0.1, 0.15) is 41.8 Å². The van der Waals surface area contributed by atoms with E-state index in [4.69, 9.17) is 9.47 Å².